The van der Waals surface area contributed by atoms with Crippen LogP contribution in [0, 0.1) is 11.6 Å². The number of fused-ring (bicyclic) bond motifs is 1. The summed E-state index contributed by atoms with van der Waals surface area (Å²) in [6.45, 7) is 6.73. The summed E-state index contributed by atoms with van der Waals surface area (Å²) in [5.41, 5.74) is -0.314. The lowest BCUT2D eigenvalue weighted by atomic mass is 10.2. The number of rotatable bonds is 9. The van der Waals surface area contributed by atoms with Crippen LogP contribution in [0.25, 0.3) is 16.6 Å². The maximum absolute atomic E-state index is 14.7. The molecule has 1 amide bonds. The average molecular weight is 494 g/mol. The zero-order chi connectivity index (χ0) is 24.1. The minimum atomic E-state index is -0.905. The van der Waals surface area contributed by atoms with E-state index in [0.29, 0.717) is 23.2 Å². The summed E-state index contributed by atoms with van der Waals surface area (Å²) in [5, 5.41) is 0.683. The third-order valence-electron chi connectivity index (χ3n) is 5.47. The second kappa shape index (κ2) is 11.1. The van der Waals surface area contributed by atoms with Gasteiger partial charge in [-0.1, -0.05) is 43.6 Å². The molecule has 5 nitrogen and oxygen atoms in total. The van der Waals surface area contributed by atoms with Gasteiger partial charge in [0.05, 0.1) is 22.3 Å². The van der Waals surface area contributed by atoms with Gasteiger partial charge >= 0.3 is 0 Å². The number of hydrogen-bond donors (Lipinski definition) is 0. The number of amides is 1. The number of benzene rings is 2. The predicted octanol–water partition coefficient (Wildman–Crippen LogP) is 5.84. The molecule has 0 saturated heterocycles. The van der Waals surface area contributed by atoms with Crippen LogP contribution in [0.15, 0.2) is 46.3 Å². The minimum Gasteiger partial charge on any atom is -0.339 e. The first-order valence-electron chi connectivity index (χ1n) is 10.9. The first-order valence-corrected chi connectivity index (χ1v) is 12.2. The van der Waals surface area contributed by atoms with Crippen molar-refractivity contribution in [2.75, 3.05) is 12.3 Å². The van der Waals surface area contributed by atoms with E-state index in [9.17, 15) is 18.4 Å². The standard InChI is InChI=1S/C24H26ClF2N3O2S/c1-4-6-11-29(15(3)5-2)22(31)14-33-24-28-20-9-7-16(25)12-18(20)23(32)30(24)21-10-8-17(26)13-19(21)27/h7-10,12-13,15H,4-6,11,14H2,1-3H3/t15-/m1/s1. The molecule has 0 spiro atoms. The van der Waals surface area contributed by atoms with Crippen molar-refractivity contribution in [2.24, 2.45) is 0 Å². The first kappa shape index (κ1) is 25.2. The highest BCUT2D eigenvalue weighted by Gasteiger charge is 2.22. The maximum Gasteiger partial charge on any atom is 0.266 e. The fourth-order valence-electron chi connectivity index (χ4n) is 3.46. The maximum atomic E-state index is 14.7. The lowest BCUT2D eigenvalue weighted by molar-refractivity contribution is -0.130. The number of thioether (sulfide) groups is 1. The summed E-state index contributed by atoms with van der Waals surface area (Å²) < 4.78 is 29.2. The van der Waals surface area contributed by atoms with Crippen molar-refractivity contribution >= 4 is 40.2 Å². The highest BCUT2D eigenvalue weighted by molar-refractivity contribution is 7.99. The molecule has 0 aliphatic heterocycles. The number of carbonyl (C=O) groups excluding carboxylic acids is 1. The molecule has 3 aromatic rings. The molecule has 0 saturated carbocycles. The van der Waals surface area contributed by atoms with Gasteiger partial charge in [-0.3, -0.25) is 14.2 Å². The highest BCUT2D eigenvalue weighted by atomic mass is 35.5. The molecule has 0 radical (unpaired) electrons. The third-order valence-corrected chi connectivity index (χ3v) is 6.63. The van der Waals surface area contributed by atoms with Crippen molar-refractivity contribution in [3.8, 4) is 5.69 Å². The number of nitrogens with zero attached hydrogens (tertiary/aromatic N) is 3. The molecule has 176 valence electrons. The van der Waals surface area contributed by atoms with Gasteiger partial charge in [0.2, 0.25) is 5.91 Å². The van der Waals surface area contributed by atoms with Gasteiger partial charge in [0.15, 0.2) is 5.16 Å². The van der Waals surface area contributed by atoms with Crippen molar-refractivity contribution in [2.45, 2.75) is 51.2 Å². The lowest BCUT2D eigenvalue weighted by Gasteiger charge is -2.28. The van der Waals surface area contributed by atoms with Crippen molar-refractivity contribution in [1.82, 2.24) is 14.5 Å². The number of halogens is 3. The summed E-state index contributed by atoms with van der Waals surface area (Å²) in [6, 6.07) is 7.70. The van der Waals surface area contributed by atoms with Crippen LogP contribution >= 0.6 is 23.4 Å². The Labute approximate surface area is 200 Å². The molecule has 0 unspecified atom stereocenters. The van der Waals surface area contributed by atoms with Gasteiger partial charge in [0.1, 0.15) is 11.6 Å². The summed E-state index contributed by atoms with van der Waals surface area (Å²) in [5.74, 6) is -1.72. The van der Waals surface area contributed by atoms with Crippen LogP contribution in [-0.2, 0) is 4.79 Å². The van der Waals surface area contributed by atoms with Crippen LogP contribution in [0.5, 0.6) is 0 Å². The summed E-state index contributed by atoms with van der Waals surface area (Å²) in [6.07, 6.45) is 2.67. The van der Waals surface area contributed by atoms with Crippen molar-refractivity contribution in [3.05, 3.63) is 63.4 Å². The second-order valence-corrected chi connectivity index (χ2v) is 9.16. The minimum absolute atomic E-state index is 0.0302. The van der Waals surface area contributed by atoms with Gasteiger partial charge in [0.25, 0.3) is 5.56 Å². The number of aromatic nitrogens is 2. The van der Waals surface area contributed by atoms with Gasteiger partial charge in [-0.25, -0.2) is 13.8 Å². The van der Waals surface area contributed by atoms with Gasteiger partial charge in [-0.2, -0.15) is 0 Å². The molecule has 0 N–H and O–H groups in total. The smallest absolute Gasteiger partial charge is 0.266 e. The molecular weight excluding hydrogens is 468 g/mol. The molecule has 0 aliphatic carbocycles. The van der Waals surface area contributed by atoms with Gasteiger partial charge in [0, 0.05) is 23.7 Å². The molecule has 33 heavy (non-hydrogen) atoms. The molecule has 9 heteroatoms. The Morgan fingerprint density at radius 3 is 2.64 bits per heavy atom. The molecule has 3 rings (SSSR count). The quantitative estimate of drug-likeness (QED) is 0.278. The second-order valence-electron chi connectivity index (χ2n) is 7.78. The van der Waals surface area contributed by atoms with Crippen LogP contribution in [0.3, 0.4) is 0 Å². The van der Waals surface area contributed by atoms with E-state index in [1.807, 2.05) is 18.7 Å². The molecule has 0 aliphatic rings. The van der Waals surface area contributed by atoms with Crippen molar-refractivity contribution in [1.29, 1.82) is 0 Å². The van der Waals surface area contributed by atoms with Crippen LogP contribution in [0.4, 0.5) is 8.78 Å². The Kier molecular flexibility index (Phi) is 8.48. The van der Waals surface area contributed by atoms with E-state index in [1.165, 1.54) is 12.1 Å². The highest BCUT2D eigenvalue weighted by Crippen LogP contribution is 2.25. The normalized spacial score (nSPS) is 12.2. The van der Waals surface area contributed by atoms with E-state index >= 15 is 0 Å². The zero-order valence-corrected chi connectivity index (χ0v) is 20.3. The SMILES string of the molecule is CCCCN(C(=O)CSc1nc2ccc(Cl)cc2c(=O)n1-c1ccc(F)cc1F)[C@H](C)CC. The Balaban J connectivity index is 2.05. The molecule has 1 heterocycles. The monoisotopic (exact) mass is 493 g/mol. The largest absolute Gasteiger partial charge is 0.339 e. The molecular formula is C24H26ClF2N3O2S. The lowest BCUT2D eigenvalue weighted by Crippen LogP contribution is -2.40. The Morgan fingerprint density at radius 2 is 1.97 bits per heavy atom. The Morgan fingerprint density at radius 1 is 1.21 bits per heavy atom. The molecule has 0 bridgehead atoms. The third kappa shape index (κ3) is 5.73. The molecule has 1 atom stereocenters. The van der Waals surface area contributed by atoms with Crippen LogP contribution in [0.2, 0.25) is 5.02 Å². The summed E-state index contributed by atoms with van der Waals surface area (Å²) in [4.78, 5) is 32.7. The van der Waals surface area contributed by atoms with Crippen LogP contribution in [-0.4, -0.2) is 38.7 Å². The zero-order valence-electron chi connectivity index (χ0n) is 18.8. The molecule has 1 aromatic heterocycles. The van der Waals surface area contributed by atoms with E-state index in [-0.39, 0.29) is 33.9 Å². The Bertz CT molecular complexity index is 1220. The molecule has 2 aromatic carbocycles. The topological polar surface area (TPSA) is 55.2 Å². The number of unbranched alkanes of at least 4 members (excludes halogenated alkanes) is 1. The fourth-order valence-corrected chi connectivity index (χ4v) is 4.52. The first-order chi connectivity index (χ1) is 15.8. The predicted molar refractivity (Wildman–Crippen MR) is 129 cm³/mol. The van der Waals surface area contributed by atoms with Crippen molar-refractivity contribution < 1.29 is 13.6 Å². The Hall–Kier alpha value is -2.45. The average Bonchev–Trinajstić information content (AvgIpc) is 2.79. The van der Waals surface area contributed by atoms with Crippen LogP contribution < -0.4 is 5.56 Å². The van der Waals surface area contributed by atoms with Crippen LogP contribution in [0.1, 0.15) is 40.0 Å². The van der Waals surface area contributed by atoms with E-state index in [0.717, 1.165) is 41.7 Å². The van der Waals surface area contributed by atoms with Gasteiger partial charge < -0.3 is 4.90 Å². The van der Waals surface area contributed by atoms with Gasteiger partial charge in [-0.05, 0) is 50.1 Å². The van der Waals surface area contributed by atoms with Gasteiger partial charge in [-0.15, -0.1) is 0 Å². The number of hydrogen-bond acceptors (Lipinski definition) is 4. The van der Waals surface area contributed by atoms with E-state index in [4.69, 9.17) is 11.6 Å². The fraction of sp³-hybridized carbons (Fsp3) is 0.375. The molecule has 0 fully saturated rings. The summed E-state index contributed by atoms with van der Waals surface area (Å²) >= 11 is 7.10. The van der Waals surface area contributed by atoms with Crippen molar-refractivity contribution in [3.63, 3.8) is 0 Å². The number of carbonyl (C=O) groups is 1. The van der Waals surface area contributed by atoms with E-state index in [2.05, 4.69) is 11.9 Å². The van der Waals surface area contributed by atoms with E-state index in [1.54, 1.807) is 12.1 Å². The summed E-state index contributed by atoms with van der Waals surface area (Å²) in [7, 11) is 0. The van der Waals surface area contributed by atoms with E-state index < -0.39 is 17.2 Å².